The number of anilines is 3. The molecule has 0 amide bonds. The Hall–Kier alpha value is -5.60. The van der Waals surface area contributed by atoms with Crippen LogP contribution in [0.15, 0.2) is 94.1 Å². The summed E-state index contributed by atoms with van der Waals surface area (Å²) in [6.07, 6.45) is 0.204. The standard InChI is InChI=1S/C25H31N5O4.C19H17NO3/c1-16-13-30(14-17(2)34-16)25-27-23-20(24(28-25)29-8-10-33-11-9-29)5-6-21(26-23)18-4-7-22(32-3)19(12-18)15-31;21-17-13-18(20-9-11-22-12-10-20)23-19-15(7-4-8-16(17)19)14-5-2-1-3-6-14/h4-7,12,16-17,31H,8-11,13-15H2,1-3H3;1-8,13H,9-12H2/t16-,17+;. The highest BCUT2D eigenvalue weighted by Crippen LogP contribution is 2.33. The summed E-state index contributed by atoms with van der Waals surface area (Å²) >= 11 is 0. The summed E-state index contributed by atoms with van der Waals surface area (Å²) in [6.45, 7) is 11.2. The molecule has 3 aromatic heterocycles. The van der Waals surface area contributed by atoms with E-state index in [1.165, 1.54) is 0 Å². The first-order valence-electron chi connectivity index (χ1n) is 19.5. The maximum atomic E-state index is 12.5. The van der Waals surface area contributed by atoms with Gasteiger partial charge in [-0.1, -0.05) is 42.5 Å². The highest BCUT2D eigenvalue weighted by Gasteiger charge is 2.27. The first-order chi connectivity index (χ1) is 27.9. The van der Waals surface area contributed by atoms with Gasteiger partial charge in [0.25, 0.3) is 0 Å². The van der Waals surface area contributed by atoms with Crippen molar-refractivity contribution >= 4 is 39.7 Å². The van der Waals surface area contributed by atoms with Crippen molar-refractivity contribution < 1.29 is 28.5 Å². The SMILES string of the molecule is COc1ccc(-c2ccc3c(N4CCOCC4)nc(N4C[C@@H](C)O[C@@H](C)C4)nc3n2)cc1CO.O=c1cc(N2CCOCC2)oc2c(-c3ccccc3)cccc12. The van der Waals surface area contributed by atoms with Crippen LogP contribution in [0.1, 0.15) is 19.4 Å². The number of methoxy groups -OCH3 is 1. The number of hydrogen-bond donors (Lipinski definition) is 1. The Bertz CT molecular complexity index is 2370. The second-order valence-electron chi connectivity index (χ2n) is 14.5. The van der Waals surface area contributed by atoms with Crippen molar-refractivity contribution in [2.75, 3.05) is 87.5 Å². The number of fused-ring (bicyclic) bond motifs is 2. The van der Waals surface area contributed by atoms with Gasteiger partial charge in [0.2, 0.25) is 5.95 Å². The lowest BCUT2D eigenvalue weighted by Gasteiger charge is -2.36. The fraction of sp³-hybridized carbons (Fsp3) is 0.364. The summed E-state index contributed by atoms with van der Waals surface area (Å²) in [5.74, 6) is 2.84. The Morgan fingerprint density at radius 2 is 1.46 bits per heavy atom. The van der Waals surface area contributed by atoms with Gasteiger partial charge < -0.3 is 43.2 Å². The minimum atomic E-state index is -0.106. The van der Waals surface area contributed by atoms with E-state index >= 15 is 0 Å². The van der Waals surface area contributed by atoms with E-state index in [1.54, 1.807) is 13.2 Å². The lowest BCUT2D eigenvalue weighted by atomic mass is 10.0. The minimum Gasteiger partial charge on any atom is -0.496 e. The molecule has 3 aromatic carbocycles. The van der Waals surface area contributed by atoms with Gasteiger partial charge in [0.1, 0.15) is 17.2 Å². The molecule has 0 bridgehead atoms. The molecule has 0 saturated carbocycles. The second kappa shape index (κ2) is 17.3. The molecular formula is C44H48N6O7. The van der Waals surface area contributed by atoms with E-state index in [9.17, 15) is 9.90 Å². The van der Waals surface area contributed by atoms with Crippen molar-refractivity contribution in [2.45, 2.75) is 32.7 Å². The van der Waals surface area contributed by atoms with Crippen LogP contribution in [0.2, 0.25) is 0 Å². The number of nitrogens with zero attached hydrogens (tertiary/aromatic N) is 6. The smallest absolute Gasteiger partial charge is 0.229 e. The van der Waals surface area contributed by atoms with E-state index in [0.29, 0.717) is 60.6 Å². The van der Waals surface area contributed by atoms with Crippen LogP contribution in [0.3, 0.4) is 0 Å². The molecule has 1 N–H and O–H groups in total. The number of pyridine rings is 1. The maximum absolute atomic E-state index is 12.5. The molecule has 0 radical (unpaired) electrons. The molecule has 3 fully saturated rings. The summed E-state index contributed by atoms with van der Waals surface area (Å²) in [5.41, 5.74) is 5.67. The number of aliphatic hydroxyl groups excluding tert-OH is 1. The van der Waals surface area contributed by atoms with Crippen LogP contribution < -0.4 is 24.9 Å². The Morgan fingerprint density at radius 3 is 2.16 bits per heavy atom. The van der Waals surface area contributed by atoms with E-state index in [1.807, 2.05) is 78.9 Å². The largest absolute Gasteiger partial charge is 0.496 e. The molecule has 13 heteroatoms. The predicted molar refractivity (Wildman–Crippen MR) is 221 cm³/mol. The first kappa shape index (κ1) is 38.3. The third-order valence-corrected chi connectivity index (χ3v) is 10.4. The van der Waals surface area contributed by atoms with Crippen molar-refractivity contribution in [2.24, 2.45) is 0 Å². The Kier molecular flexibility index (Phi) is 11.6. The molecule has 3 aliphatic heterocycles. The van der Waals surface area contributed by atoms with Gasteiger partial charge in [-0.3, -0.25) is 4.79 Å². The van der Waals surface area contributed by atoms with Gasteiger partial charge in [-0.15, -0.1) is 0 Å². The number of aromatic nitrogens is 3. The van der Waals surface area contributed by atoms with Crippen molar-refractivity contribution in [3.8, 4) is 28.1 Å². The van der Waals surface area contributed by atoms with E-state index in [0.717, 1.165) is 78.4 Å². The molecule has 3 saturated heterocycles. The number of ether oxygens (including phenoxy) is 4. The van der Waals surface area contributed by atoms with E-state index in [-0.39, 0.29) is 24.2 Å². The zero-order chi connectivity index (χ0) is 39.3. The quantitative estimate of drug-likeness (QED) is 0.205. The van der Waals surface area contributed by atoms with Crippen LogP contribution in [-0.2, 0) is 20.8 Å². The predicted octanol–water partition coefficient (Wildman–Crippen LogP) is 5.94. The lowest BCUT2D eigenvalue weighted by Crippen LogP contribution is -2.46. The van der Waals surface area contributed by atoms with E-state index in [2.05, 4.69) is 28.5 Å². The van der Waals surface area contributed by atoms with Crippen LogP contribution in [0.25, 0.3) is 44.4 Å². The van der Waals surface area contributed by atoms with Crippen molar-refractivity contribution in [1.82, 2.24) is 15.0 Å². The molecule has 296 valence electrons. The number of morpholine rings is 3. The molecule has 9 rings (SSSR count). The third kappa shape index (κ3) is 8.42. The van der Waals surface area contributed by atoms with Gasteiger partial charge in [0.15, 0.2) is 17.0 Å². The normalized spacial score (nSPS) is 18.7. The van der Waals surface area contributed by atoms with E-state index in [4.69, 9.17) is 38.3 Å². The molecule has 57 heavy (non-hydrogen) atoms. The van der Waals surface area contributed by atoms with Crippen molar-refractivity contribution in [3.63, 3.8) is 0 Å². The molecule has 2 atom stereocenters. The minimum absolute atomic E-state index is 0.00878. The Balaban J connectivity index is 0.000000172. The summed E-state index contributed by atoms with van der Waals surface area (Å²) in [7, 11) is 1.60. The molecule has 3 aliphatic rings. The van der Waals surface area contributed by atoms with Gasteiger partial charge in [-0.25, -0.2) is 4.98 Å². The van der Waals surface area contributed by atoms with Crippen LogP contribution in [0.5, 0.6) is 5.75 Å². The van der Waals surface area contributed by atoms with Gasteiger partial charge >= 0.3 is 0 Å². The average molecular weight is 773 g/mol. The van der Waals surface area contributed by atoms with Crippen LogP contribution in [0.4, 0.5) is 17.7 Å². The molecular weight excluding hydrogens is 725 g/mol. The topological polar surface area (TPSA) is 136 Å². The summed E-state index contributed by atoms with van der Waals surface area (Å²) < 4.78 is 28.3. The number of benzene rings is 3. The fourth-order valence-corrected chi connectivity index (χ4v) is 7.65. The van der Waals surface area contributed by atoms with Gasteiger partial charge in [-0.2, -0.15) is 9.97 Å². The van der Waals surface area contributed by atoms with Crippen LogP contribution in [0, 0.1) is 0 Å². The van der Waals surface area contributed by atoms with Gasteiger partial charge in [0.05, 0.1) is 68.8 Å². The van der Waals surface area contributed by atoms with Gasteiger partial charge in [-0.05, 0) is 55.8 Å². The molecule has 0 aliphatic carbocycles. The van der Waals surface area contributed by atoms with Crippen LogP contribution in [-0.4, -0.2) is 105 Å². The summed E-state index contributed by atoms with van der Waals surface area (Å²) in [5, 5.41) is 11.3. The number of rotatable bonds is 7. The number of para-hydroxylation sites is 1. The first-order valence-corrected chi connectivity index (χ1v) is 19.5. The Morgan fingerprint density at radius 1 is 0.737 bits per heavy atom. The zero-order valence-electron chi connectivity index (χ0n) is 32.6. The lowest BCUT2D eigenvalue weighted by molar-refractivity contribution is -0.00570. The molecule has 6 aromatic rings. The second-order valence-corrected chi connectivity index (χ2v) is 14.5. The zero-order valence-corrected chi connectivity index (χ0v) is 32.6. The van der Waals surface area contributed by atoms with Crippen molar-refractivity contribution in [3.05, 3.63) is 101 Å². The van der Waals surface area contributed by atoms with Crippen LogP contribution >= 0.6 is 0 Å². The fourth-order valence-electron chi connectivity index (χ4n) is 7.65. The Labute approximate surface area is 331 Å². The monoisotopic (exact) mass is 772 g/mol. The van der Waals surface area contributed by atoms with Crippen molar-refractivity contribution in [1.29, 1.82) is 0 Å². The highest BCUT2D eigenvalue weighted by molar-refractivity contribution is 5.93. The van der Waals surface area contributed by atoms with E-state index < -0.39 is 0 Å². The molecule has 0 spiro atoms. The average Bonchev–Trinajstić information content (AvgIpc) is 3.26. The summed E-state index contributed by atoms with van der Waals surface area (Å²) in [4.78, 5) is 33.9. The molecule has 0 unspecified atom stereocenters. The number of hydrogen-bond acceptors (Lipinski definition) is 13. The third-order valence-electron chi connectivity index (χ3n) is 10.4. The molecule has 6 heterocycles. The number of aliphatic hydroxyl groups is 1. The summed E-state index contributed by atoms with van der Waals surface area (Å²) in [6, 6.07) is 27.0. The maximum Gasteiger partial charge on any atom is 0.229 e. The molecule has 13 nitrogen and oxygen atoms in total. The van der Waals surface area contributed by atoms with Gasteiger partial charge in [0, 0.05) is 62.0 Å². The highest BCUT2D eigenvalue weighted by atomic mass is 16.5.